The van der Waals surface area contributed by atoms with Crippen molar-refractivity contribution < 1.29 is 0 Å². The van der Waals surface area contributed by atoms with Gasteiger partial charge >= 0.3 is 0 Å². The van der Waals surface area contributed by atoms with Crippen LogP contribution >= 0.6 is 0 Å². The minimum Gasteiger partial charge on any atom is -0.383 e. The molecule has 1 aliphatic rings. The van der Waals surface area contributed by atoms with E-state index in [1.54, 1.807) is 6.20 Å². The third-order valence-electron chi connectivity index (χ3n) is 3.24. The van der Waals surface area contributed by atoms with Crippen molar-refractivity contribution in [3.05, 3.63) is 23.9 Å². The third kappa shape index (κ3) is 2.29. The van der Waals surface area contributed by atoms with Crippen LogP contribution in [-0.4, -0.2) is 17.6 Å². The molecule has 1 aromatic rings. The first-order valence-electron chi connectivity index (χ1n) is 5.75. The summed E-state index contributed by atoms with van der Waals surface area (Å²) in [7, 11) is 0. The van der Waals surface area contributed by atoms with E-state index in [4.69, 9.17) is 5.73 Å². The summed E-state index contributed by atoms with van der Waals surface area (Å²) in [6, 6.07) is 4.76. The monoisotopic (exact) mass is 205 g/mol. The number of aromatic nitrogens is 1. The fraction of sp³-hybridized carbons (Fsp3) is 0.583. The van der Waals surface area contributed by atoms with Gasteiger partial charge in [-0.1, -0.05) is 13.0 Å². The second-order valence-electron chi connectivity index (χ2n) is 4.24. The summed E-state index contributed by atoms with van der Waals surface area (Å²) in [4.78, 5) is 4.15. The van der Waals surface area contributed by atoms with E-state index >= 15 is 0 Å². The number of pyridine rings is 1. The third-order valence-corrected chi connectivity index (χ3v) is 3.24. The Balaban J connectivity index is 2.04. The Kier molecular flexibility index (Phi) is 3.21. The van der Waals surface area contributed by atoms with Crippen LogP contribution in [0.15, 0.2) is 18.3 Å². The summed E-state index contributed by atoms with van der Waals surface area (Å²) in [5, 5.41) is 3.50. The molecule has 1 saturated carbocycles. The molecule has 0 spiro atoms. The van der Waals surface area contributed by atoms with Gasteiger partial charge in [0.1, 0.15) is 5.82 Å². The van der Waals surface area contributed by atoms with Crippen molar-refractivity contribution in [3.8, 4) is 0 Å². The molecule has 0 radical (unpaired) electrons. The Morgan fingerprint density at radius 3 is 3.13 bits per heavy atom. The highest BCUT2D eigenvalue weighted by Gasteiger charge is 2.26. The zero-order valence-electron chi connectivity index (χ0n) is 9.24. The van der Waals surface area contributed by atoms with Gasteiger partial charge in [0, 0.05) is 12.2 Å². The van der Waals surface area contributed by atoms with E-state index in [0.717, 1.165) is 6.54 Å². The lowest BCUT2D eigenvalue weighted by molar-refractivity contribution is 0.535. The second-order valence-corrected chi connectivity index (χ2v) is 4.24. The van der Waals surface area contributed by atoms with E-state index in [9.17, 15) is 0 Å². The smallest absolute Gasteiger partial charge is 0.126 e. The van der Waals surface area contributed by atoms with Crippen LogP contribution < -0.4 is 11.1 Å². The number of rotatable bonds is 3. The summed E-state index contributed by atoms with van der Waals surface area (Å²) in [6.07, 6.45) is 5.44. The lowest BCUT2D eigenvalue weighted by atomic mass is 9.98. The average molecular weight is 205 g/mol. The van der Waals surface area contributed by atoms with Gasteiger partial charge in [-0.15, -0.1) is 0 Å². The van der Waals surface area contributed by atoms with Gasteiger partial charge in [0.25, 0.3) is 0 Å². The van der Waals surface area contributed by atoms with Gasteiger partial charge in [-0.3, -0.25) is 0 Å². The number of anilines is 1. The molecule has 2 unspecified atom stereocenters. The molecule has 0 aliphatic heterocycles. The Labute approximate surface area is 91.1 Å². The van der Waals surface area contributed by atoms with Gasteiger partial charge in [-0.25, -0.2) is 4.98 Å². The molecule has 0 saturated heterocycles. The molecule has 1 fully saturated rings. The molecule has 1 aromatic heterocycles. The summed E-state index contributed by atoms with van der Waals surface area (Å²) in [6.45, 7) is 3.21. The maximum Gasteiger partial charge on any atom is 0.126 e. The van der Waals surface area contributed by atoms with Crippen LogP contribution in [0.4, 0.5) is 5.82 Å². The lowest BCUT2D eigenvalue weighted by Crippen LogP contribution is -2.25. The van der Waals surface area contributed by atoms with E-state index in [0.29, 0.717) is 17.8 Å². The molecule has 3 N–H and O–H groups in total. The molecule has 0 amide bonds. The first-order valence-corrected chi connectivity index (χ1v) is 5.75. The van der Waals surface area contributed by atoms with Crippen LogP contribution in [0.2, 0.25) is 0 Å². The predicted octanol–water partition coefficient (Wildman–Crippen LogP) is 1.91. The van der Waals surface area contributed by atoms with E-state index < -0.39 is 0 Å². The van der Waals surface area contributed by atoms with Crippen LogP contribution in [-0.2, 0) is 0 Å². The van der Waals surface area contributed by atoms with Crippen molar-refractivity contribution in [2.45, 2.75) is 38.1 Å². The number of hydrogen-bond acceptors (Lipinski definition) is 3. The van der Waals surface area contributed by atoms with Gasteiger partial charge in [0.15, 0.2) is 0 Å². The van der Waals surface area contributed by atoms with Gasteiger partial charge in [0.05, 0.1) is 0 Å². The zero-order chi connectivity index (χ0) is 10.7. The Bertz CT molecular complexity index is 324. The zero-order valence-corrected chi connectivity index (χ0v) is 9.24. The SMILES string of the molecule is CCNC1CCC(c2cccnc2N)C1. The summed E-state index contributed by atoms with van der Waals surface area (Å²) in [5.74, 6) is 1.31. The number of nitrogens with one attached hydrogen (secondary N) is 1. The van der Waals surface area contributed by atoms with Crippen molar-refractivity contribution in [1.82, 2.24) is 10.3 Å². The minimum absolute atomic E-state index is 0.600. The highest BCUT2D eigenvalue weighted by Crippen LogP contribution is 2.36. The topological polar surface area (TPSA) is 50.9 Å². The van der Waals surface area contributed by atoms with Crippen LogP contribution in [0, 0.1) is 0 Å². The van der Waals surface area contributed by atoms with Gasteiger partial charge in [0.2, 0.25) is 0 Å². The van der Waals surface area contributed by atoms with E-state index in [1.165, 1.54) is 24.8 Å². The standard InChI is InChI=1S/C12H19N3/c1-2-14-10-6-5-9(8-10)11-4-3-7-15-12(11)13/h3-4,7,9-10,14H,2,5-6,8H2,1H3,(H2,13,15). The van der Waals surface area contributed by atoms with Crippen molar-refractivity contribution in [2.24, 2.45) is 0 Å². The van der Waals surface area contributed by atoms with Crippen molar-refractivity contribution >= 4 is 5.82 Å². The second kappa shape index (κ2) is 4.62. The van der Waals surface area contributed by atoms with Crippen LogP contribution in [0.5, 0.6) is 0 Å². The molecule has 82 valence electrons. The molecule has 15 heavy (non-hydrogen) atoms. The molecule has 2 rings (SSSR count). The first kappa shape index (κ1) is 10.4. The molecular formula is C12H19N3. The lowest BCUT2D eigenvalue weighted by Gasteiger charge is -2.13. The van der Waals surface area contributed by atoms with Crippen LogP contribution in [0.1, 0.15) is 37.7 Å². The molecule has 3 nitrogen and oxygen atoms in total. The van der Waals surface area contributed by atoms with Crippen LogP contribution in [0.3, 0.4) is 0 Å². The largest absolute Gasteiger partial charge is 0.383 e. The Morgan fingerprint density at radius 1 is 1.53 bits per heavy atom. The molecule has 2 atom stereocenters. The molecule has 1 aliphatic carbocycles. The average Bonchev–Trinajstić information content (AvgIpc) is 2.68. The van der Waals surface area contributed by atoms with Gasteiger partial charge < -0.3 is 11.1 Å². The predicted molar refractivity (Wildman–Crippen MR) is 62.7 cm³/mol. The highest BCUT2D eigenvalue weighted by molar-refractivity contribution is 5.41. The fourth-order valence-corrected chi connectivity index (χ4v) is 2.51. The quantitative estimate of drug-likeness (QED) is 0.792. The Morgan fingerprint density at radius 2 is 2.40 bits per heavy atom. The number of nitrogens with zero attached hydrogens (tertiary/aromatic N) is 1. The van der Waals surface area contributed by atoms with Crippen molar-refractivity contribution in [3.63, 3.8) is 0 Å². The fourth-order valence-electron chi connectivity index (χ4n) is 2.51. The van der Waals surface area contributed by atoms with E-state index in [2.05, 4.69) is 23.3 Å². The summed E-state index contributed by atoms with van der Waals surface area (Å²) in [5.41, 5.74) is 7.12. The summed E-state index contributed by atoms with van der Waals surface area (Å²) >= 11 is 0. The first-order chi connectivity index (χ1) is 7.31. The molecule has 0 aromatic carbocycles. The molecule has 3 heteroatoms. The van der Waals surface area contributed by atoms with E-state index in [1.807, 2.05) is 6.07 Å². The van der Waals surface area contributed by atoms with Gasteiger partial charge in [-0.2, -0.15) is 0 Å². The number of hydrogen-bond donors (Lipinski definition) is 2. The highest BCUT2D eigenvalue weighted by atomic mass is 14.9. The normalized spacial score (nSPS) is 25.7. The van der Waals surface area contributed by atoms with E-state index in [-0.39, 0.29) is 0 Å². The van der Waals surface area contributed by atoms with Crippen molar-refractivity contribution in [1.29, 1.82) is 0 Å². The number of nitrogen functional groups attached to an aromatic ring is 1. The molecular weight excluding hydrogens is 186 g/mol. The maximum atomic E-state index is 5.89. The molecule has 1 heterocycles. The minimum atomic E-state index is 0.600. The van der Waals surface area contributed by atoms with Gasteiger partial charge in [-0.05, 0) is 43.4 Å². The van der Waals surface area contributed by atoms with Crippen molar-refractivity contribution in [2.75, 3.05) is 12.3 Å². The van der Waals surface area contributed by atoms with Crippen LogP contribution in [0.25, 0.3) is 0 Å². The maximum absolute atomic E-state index is 5.89. The Hall–Kier alpha value is -1.09. The number of nitrogens with two attached hydrogens (primary N) is 1. The molecule has 0 bridgehead atoms. The summed E-state index contributed by atoms with van der Waals surface area (Å²) < 4.78 is 0.